The number of aryl methyl sites for hydroxylation is 1. The number of nitrogens with one attached hydrogen (secondary N) is 2. The van der Waals surface area contributed by atoms with Gasteiger partial charge in [-0.25, -0.2) is 9.97 Å². The van der Waals surface area contributed by atoms with Crippen molar-refractivity contribution in [3.63, 3.8) is 0 Å². The second-order valence-corrected chi connectivity index (χ2v) is 4.52. The van der Waals surface area contributed by atoms with Crippen molar-refractivity contribution >= 4 is 17.3 Å². The van der Waals surface area contributed by atoms with Gasteiger partial charge in [-0.15, -0.1) is 0 Å². The molecule has 0 radical (unpaired) electrons. The van der Waals surface area contributed by atoms with Gasteiger partial charge >= 0.3 is 0 Å². The van der Waals surface area contributed by atoms with Crippen LogP contribution in [0.3, 0.4) is 0 Å². The zero-order valence-electron chi connectivity index (χ0n) is 12.1. The third kappa shape index (κ3) is 3.60. The summed E-state index contributed by atoms with van der Waals surface area (Å²) in [5.74, 6) is 2.47. The molecule has 20 heavy (non-hydrogen) atoms. The molecule has 5 nitrogen and oxygen atoms in total. The maximum absolute atomic E-state index is 5.25. The summed E-state index contributed by atoms with van der Waals surface area (Å²) in [6.07, 6.45) is 2.61. The van der Waals surface area contributed by atoms with E-state index in [1.165, 1.54) is 0 Å². The van der Waals surface area contributed by atoms with Gasteiger partial charge < -0.3 is 15.4 Å². The van der Waals surface area contributed by atoms with Crippen molar-refractivity contribution in [3.8, 4) is 5.75 Å². The highest BCUT2D eigenvalue weighted by molar-refractivity contribution is 5.61. The SMILES string of the molecule is CCCNc1cc(Nc2ccc(OC)c(C)c2)ncn1. The van der Waals surface area contributed by atoms with Crippen LogP contribution in [0.5, 0.6) is 5.75 Å². The molecule has 0 atom stereocenters. The van der Waals surface area contributed by atoms with Gasteiger partial charge in [-0.2, -0.15) is 0 Å². The summed E-state index contributed by atoms with van der Waals surface area (Å²) in [5.41, 5.74) is 2.05. The standard InChI is InChI=1S/C15H20N4O/c1-4-7-16-14-9-15(18-10-17-14)19-12-5-6-13(20-3)11(2)8-12/h5-6,8-10H,4,7H2,1-3H3,(H2,16,17,18,19). The summed E-state index contributed by atoms with van der Waals surface area (Å²) >= 11 is 0. The summed E-state index contributed by atoms with van der Waals surface area (Å²) in [4.78, 5) is 8.40. The molecule has 1 heterocycles. The number of hydrogen-bond acceptors (Lipinski definition) is 5. The molecule has 2 N–H and O–H groups in total. The summed E-state index contributed by atoms with van der Waals surface area (Å²) in [7, 11) is 1.67. The van der Waals surface area contributed by atoms with Gasteiger partial charge in [0.05, 0.1) is 7.11 Å². The number of methoxy groups -OCH3 is 1. The lowest BCUT2D eigenvalue weighted by molar-refractivity contribution is 0.412. The molecule has 2 aromatic rings. The fourth-order valence-electron chi connectivity index (χ4n) is 1.88. The molecule has 0 spiro atoms. The number of nitrogens with zero attached hydrogens (tertiary/aromatic N) is 2. The van der Waals surface area contributed by atoms with E-state index in [-0.39, 0.29) is 0 Å². The van der Waals surface area contributed by atoms with Crippen LogP contribution in [0.1, 0.15) is 18.9 Å². The lowest BCUT2D eigenvalue weighted by atomic mass is 10.2. The molecule has 0 aliphatic rings. The van der Waals surface area contributed by atoms with Gasteiger partial charge in [0.1, 0.15) is 23.7 Å². The number of hydrogen-bond donors (Lipinski definition) is 2. The lowest BCUT2D eigenvalue weighted by Crippen LogP contribution is -2.03. The summed E-state index contributed by atoms with van der Waals surface area (Å²) in [6.45, 7) is 5.03. The van der Waals surface area contributed by atoms with Crippen LogP contribution in [0.25, 0.3) is 0 Å². The van der Waals surface area contributed by atoms with E-state index < -0.39 is 0 Å². The third-order valence-corrected chi connectivity index (χ3v) is 2.89. The van der Waals surface area contributed by atoms with Gasteiger partial charge in [0.25, 0.3) is 0 Å². The molecule has 0 unspecified atom stereocenters. The maximum atomic E-state index is 5.25. The third-order valence-electron chi connectivity index (χ3n) is 2.89. The van der Waals surface area contributed by atoms with Crippen LogP contribution in [-0.2, 0) is 0 Å². The Hall–Kier alpha value is -2.30. The van der Waals surface area contributed by atoms with Crippen LogP contribution in [0.4, 0.5) is 17.3 Å². The first kappa shape index (κ1) is 14.1. The van der Waals surface area contributed by atoms with E-state index >= 15 is 0 Å². The predicted octanol–water partition coefficient (Wildman–Crippen LogP) is 3.36. The molecule has 0 aliphatic heterocycles. The van der Waals surface area contributed by atoms with Crippen molar-refractivity contribution < 1.29 is 4.74 Å². The first-order valence-corrected chi connectivity index (χ1v) is 6.70. The van der Waals surface area contributed by atoms with Gasteiger partial charge in [-0.05, 0) is 37.1 Å². The van der Waals surface area contributed by atoms with Crippen molar-refractivity contribution in [1.82, 2.24) is 9.97 Å². The Balaban J connectivity index is 2.11. The van der Waals surface area contributed by atoms with E-state index in [1.54, 1.807) is 13.4 Å². The first-order valence-electron chi connectivity index (χ1n) is 6.70. The average Bonchev–Trinajstić information content (AvgIpc) is 2.46. The molecule has 106 valence electrons. The summed E-state index contributed by atoms with van der Waals surface area (Å²) < 4.78 is 5.25. The van der Waals surface area contributed by atoms with Crippen LogP contribution < -0.4 is 15.4 Å². The highest BCUT2D eigenvalue weighted by Gasteiger charge is 2.02. The molecule has 2 rings (SSSR count). The smallest absolute Gasteiger partial charge is 0.135 e. The summed E-state index contributed by atoms with van der Waals surface area (Å²) in [6, 6.07) is 7.83. The predicted molar refractivity (Wildman–Crippen MR) is 81.8 cm³/mol. The minimum Gasteiger partial charge on any atom is -0.496 e. The molecule has 1 aromatic carbocycles. The zero-order valence-corrected chi connectivity index (χ0v) is 12.1. The molecule has 0 bridgehead atoms. The van der Waals surface area contributed by atoms with Crippen molar-refractivity contribution in [3.05, 3.63) is 36.2 Å². The number of rotatable bonds is 6. The largest absolute Gasteiger partial charge is 0.496 e. The van der Waals surface area contributed by atoms with Crippen molar-refractivity contribution in [2.24, 2.45) is 0 Å². The maximum Gasteiger partial charge on any atom is 0.135 e. The normalized spacial score (nSPS) is 10.2. The number of aromatic nitrogens is 2. The van der Waals surface area contributed by atoms with Gasteiger partial charge in [0.15, 0.2) is 0 Å². The van der Waals surface area contributed by atoms with E-state index in [4.69, 9.17) is 4.74 Å². The van der Waals surface area contributed by atoms with Gasteiger partial charge in [0, 0.05) is 18.3 Å². The van der Waals surface area contributed by atoms with E-state index in [9.17, 15) is 0 Å². The Morgan fingerprint density at radius 3 is 2.65 bits per heavy atom. The Morgan fingerprint density at radius 1 is 1.15 bits per heavy atom. The molecule has 0 amide bonds. The van der Waals surface area contributed by atoms with Gasteiger partial charge in [-0.1, -0.05) is 6.92 Å². The quantitative estimate of drug-likeness (QED) is 0.844. The fraction of sp³-hybridized carbons (Fsp3) is 0.333. The number of benzene rings is 1. The molecular weight excluding hydrogens is 252 g/mol. The molecule has 0 saturated heterocycles. The molecule has 1 aromatic heterocycles. The van der Waals surface area contributed by atoms with E-state index in [2.05, 4.69) is 27.5 Å². The van der Waals surface area contributed by atoms with Crippen molar-refractivity contribution in [2.45, 2.75) is 20.3 Å². The highest BCUT2D eigenvalue weighted by atomic mass is 16.5. The first-order chi connectivity index (χ1) is 9.72. The average molecular weight is 272 g/mol. The number of anilines is 3. The van der Waals surface area contributed by atoms with E-state index in [0.717, 1.165) is 41.6 Å². The Morgan fingerprint density at radius 2 is 1.95 bits per heavy atom. The Labute approximate surface area is 119 Å². The van der Waals surface area contributed by atoms with E-state index in [0.29, 0.717) is 0 Å². The minimum absolute atomic E-state index is 0.767. The molecular formula is C15H20N4O. The van der Waals surface area contributed by atoms with Crippen molar-refractivity contribution in [2.75, 3.05) is 24.3 Å². The Bertz CT molecular complexity index is 572. The van der Waals surface area contributed by atoms with Crippen LogP contribution in [0, 0.1) is 6.92 Å². The monoisotopic (exact) mass is 272 g/mol. The lowest BCUT2D eigenvalue weighted by Gasteiger charge is -2.10. The second-order valence-electron chi connectivity index (χ2n) is 4.52. The number of ether oxygens (including phenoxy) is 1. The molecule has 0 fully saturated rings. The zero-order chi connectivity index (χ0) is 14.4. The Kier molecular flexibility index (Phi) is 4.76. The fourth-order valence-corrected chi connectivity index (χ4v) is 1.88. The molecule has 0 aliphatic carbocycles. The second kappa shape index (κ2) is 6.75. The molecule has 0 saturated carbocycles. The van der Waals surface area contributed by atoms with Crippen LogP contribution >= 0.6 is 0 Å². The van der Waals surface area contributed by atoms with Crippen molar-refractivity contribution in [1.29, 1.82) is 0 Å². The summed E-state index contributed by atoms with van der Waals surface area (Å²) in [5, 5.41) is 6.51. The topological polar surface area (TPSA) is 59.1 Å². The van der Waals surface area contributed by atoms with Crippen LogP contribution in [0.15, 0.2) is 30.6 Å². The van der Waals surface area contributed by atoms with Gasteiger partial charge in [-0.3, -0.25) is 0 Å². The van der Waals surface area contributed by atoms with E-state index in [1.807, 2.05) is 31.2 Å². The molecule has 5 heteroatoms. The van der Waals surface area contributed by atoms with Gasteiger partial charge in [0.2, 0.25) is 0 Å². The van der Waals surface area contributed by atoms with Crippen LogP contribution in [0.2, 0.25) is 0 Å². The van der Waals surface area contributed by atoms with Crippen LogP contribution in [-0.4, -0.2) is 23.6 Å². The highest BCUT2D eigenvalue weighted by Crippen LogP contribution is 2.23. The minimum atomic E-state index is 0.767.